The van der Waals surface area contributed by atoms with Crippen LogP contribution in [0.2, 0.25) is 0 Å². The van der Waals surface area contributed by atoms with E-state index in [1.54, 1.807) is 30.3 Å². The number of hydrogen-bond donors (Lipinski definition) is 2. The van der Waals surface area contributed by atoms with Gasteiger partial charge in [-0.25, -0.2) is 0 Å². The lowest BCUT2D eigenvalue weighted by Gasteiger charge is -2.21. The lowest BCUT2D eigenvalue weighted by Crippen LogP contribution is -2.46. The molecule has 0 saturated heterocycles. The molecule has 0 fully saturated rings. The van der Waals surface area contributed by atoms with Crippen LogP contribution in [0.5, 0.6) is 0 Å². The Morgan fingerprint density at radius 1 is 1.25 bits per heavy atom. The Balaban J connectivity index is 2.11. The van der Waals surface area contributed by atoms with Crippen molar-refractivity contribution in [2.75, 3.05) is 0 Å². The van der Waals surface area contributed by atoms with Crippen LogP contribution < -0.4 is 5.32 Å². The third-order valence-corrected chi connectivity index (χ3v) is 2.73. The van der Waals surface area contributed by atoms with Crippen LogP contribution in [0.25, 0.3) is 0 Å². The van der Waals surface area contributed by atoms with Crippen molar-refractivity contribution in [3.05, 3.63) is 53.9 Å². The van der Waals surface area contributed by atoms with Crippen LogP contribution >= 0.6 is 0 Å². The van der Waals surface area contributed by atoms with Gasteiger partial charge >= 0.3 is 6.18 Å². The molecule has 0 aliphatic rings. The number of nitrogens with zero attached hydrogens (tertiary/aromatic N) is 1. The van der Waals surface area contributed by atoms with E-state index in [1.807, 2.05) is 5.32 Å². The number of rotatable bonds is 4. The molecule has 106 valence electrons. The number of aromatic amines is 1. The lowest BCUT2D eigenvalue weighted by molar-refractivity contribution is -0.153. The molecule has 7 heteroatoms. The first-order valence-corrected chi connectivity index (χ1v) is 5.87. The third-order valence-electron chi connectivity index (χ3n) is 2.73. The number of H-pyrrole nitrogens is 1. The molecule has 1 atom stereocenters. The molecule has 4 nitrogen and oxygen atoms in total. The Labute approximate surface area is 113 Å². The van der Waals surface area contributed by atoms with Gasteiger partial charge in [0.25, 0.3) is 5.91 Å². The highest BCUT2D eigenvalue weighted by molar-refractivity contribution is 5.92. The third kappa shape index (κ3) is 3.59. The zero-order chi connectivity index (χ0) is 14.6. The van der Waals surface area contributed by atoms with Crippen molar-refractivity contribution in [1.82, 2.24) is 15.5 Å². The molecule has 0 aliphatic heterocycles. The minimum Gasteiger partial charge on any atom is -0.339 e. The fourth-order valence-corrected chi connectivity index (χ4v) is 1.72. The second-order valence-electron chi connectivity index (χ2n) is 4.23. The molecule has 1 aromatic heterocycles. The number of halogens is 3. The van der Waals surface area contributed by atoms with Crippen LogP contribution in [-0.4, -0.2) is 28.3 Å². The second kappa shape index (κ2) is 5.77. The van der Waals surface area contributed by atoms with Gasteiger partial charge in [0.1, 0.15) is 11.7 Å². The normalized spacial score (nSPS) is 12.9. The number of hydrogen-bond acceptors (Lipinski definition) is 2. The molecule has 0 saturated carbocycles. The van der Waals surface area contributed by atoms with Crippen LogP contribution in [-0.2, 0) is 6.42 Å². The molecule has 1 heterocycles. The number of benzene rings is 1. The predicted molar refractivity (Wildman–Crippen MR) is 66.0 cm³/mol. The first-order valence-electron chi connectivity index (χ1n) is 5.87. The summed E-state index contributed by atoms with van der Waals surface area (Å²) in [5.41, 5.74) is 0.493. The molecule has 2 aromatic rings. The van der Waals surface area contributed by atoms with Crippen molar-refractivity contribution >= 4 is 5.91 Å². The summed E-state index contributed by atoms with van der Waals surface area (Å²) in [6.45, 7) is 0. The maximum Gasteiger partial charge on any atom is 0.408 e. The van der Waals surface area contributed by atoms with Crippen molar-refractivity contribution in [3.8, 4) is 0 Å². The summed E-state index contributed by atoms with van der Waals surface area (Å²) in [5, 5.41) is 7.83. The molecule has 0 aliphatic carbocycles. The SMILES string of the molecule is O=C(N[C@H](Cc1ccccc1)C(F)(F)F)c1ccn[nH]1. The molecule has 1 aromatic carbocycles. The monoisotopic (exact) mass is 283 g/mol. The van der Waals surface area contributed by atoms with Gasteiger partial charge < -0.3 is 5.32 Å². The quantitative estimate of drug-likeness (QED) is 0.904. The Hall–Kier alpha value is -2.31. The van der Waals surface area contributed by atoms with Crippen molar-refractivity contribution in [2.24, 2.45) is 0 Å². The summed E-state index contributed by atoms with van der Waals surface area (Å²) in [4.78, 5) is 11.7. The Bertz CT molecular complexity index is 552. The molecule has 0 radical (unpaired) electrons. The summed E-state index contributed by atoms with van der Waals surface area (Å²) in [6, 6.07) is 7.56. The van der Waals surface area contributed by atoms with Gasteiger partial charge in [-0.05, 0) is 11.6 Å². The van der Waals surface area contributed by atoms with E-state index in [0.717, 1.165) is 0 Å². The number of aromatic nitrogens is 2. The highest BCUT2D eigenvalue weighted by Gasteiger charge is 2.40. The fourth-order valence-electron chi connectivity index (χ4n) is 1.72. The van der Waals surface area contributed by atoms with Crippen LogP contribution in [0.15, 0.2) is 42.6 Å². The molecule has 2 rings (SSSR count). The summed E-state index contributed by atoms with van der Waals surface area (Å²) in [6.07, 6.45) is -3.54. The number of carbonyl (C=O) groups is 1. The number of alkyl halides is 3. The van der Waals surface area contributed by atoms with Gasteiger partial charge in [0.15, 0.2) is 0 Å². The molecule has 0 unspecified atom stereocenters. The molecular weight excluding hydrogens is 271 g/mol. The first-order chi connectivity index (χ1) is 9.47. The van der Waals surface area contributed by atoms with Gasteiger partial charge in [-0.1, -0.05) is 30.3 Å². The lowest BCUT2D eigenvalue weighted by atomic mass is 10.1. The average molecular weight is 283 g/mol. The molecule has 0 spiro atoms. The topological polar surface area (TPSA) is 57.8 Å². The van der Waals surface area contributed by atoms with Crippen molar-refractivity contribution in [2.45, 2.75) is 18.6 Å². The van der Waals surface area contributed by atoms with E-state index in [-0.39, 0.29) is 12.1 Å². The minimum atomic E-state index is -4.52. The van der Waals surface area contributed by atoms with Gasteiger partial charge in [0, 0.05) is 12.6 Å². The van der Waals surface area contributed by atoms with Crippen molar-refractivity contribution in [1.29, 1.82) is 0 Å². The van der Waals surface area contributed by atoms with Crippen LogP contribution in [0.3, 0.4) is 0 Å². The maximum atomic E-state index is 13.0. The number of carbonyl (C=O) groups excluding carboxylic acids is 1. The maximum absolute atomic E-state index is 13.0. The fraction of sp³-hybridized carbons (Fsp3) is 0.231. The molecule has 2 N–H and O–H groups in total. The van der Waals surface area contributed by atoms with E-state index >= 15 is 0 Å². The molecule has 20 heavy (non-hydrogen) atoms. The minimum absolute atomic E-state index is 0.00712. The first kappa shape index (κ1) is 14.1. The van der Waals surface area contributed by atoms with E-state index < -0.39 is 18.1 Å². The molecule has 1 amide bonds. The summed E-state index contributed by atoms with van der Waals surface area (Å²) >= 11 is 0. The van der Waals surface area contributed by atoms with Gasteiger partial charge in [0.2, 0.25) is 0 Å². The van der Waals surface area contributed by atoms with Gasteiger partial charge in [-0.3, -0.25) is 9.89 Å². The van der Waals surface area contributed by atoms with Crippen LogP contribution in [0.1, 0.15) is 16.1 Å². The largest absolute Gasteiger partial charge is 0.408 e. The summed E-state index contributed by atoms with van der Waals surface area (Å²) in [5.74, 6) is -0.833. The Kier molecular flexibility index (Phi) is 4.07. The van der Waals surface area contributed by atoms with Crippen molar-refractivity contribution < 1.29 is 18.0 Å². The van der Waals surface area contributed by atoms with Crippen LogP contribution in [0.4, 0.5) is 13.2 Å². The summed E-state index contributed by atoms with van der Waals surface area (Å²) in [7, 11) is 0. The predicted octanol–water partition coefficient (Wildman–Crippen LogP) is 2.31. The van der Waals surface area contributed by atoms with E-state index in [2.05, 4.69) is 10.2 Å². The van der Waals surface area contributed by atoms with Crippen molar-refractivity contribution in [3.63, 3.8) is 0 Å². The molecule has 0 bridgehead atoms. The van der Waals surface area contributed by atoms with E-state index in [0.29, 0.717) is 5.56 Å². The van der Waals surface area contributed by atoms with E-state index in [9.17, 15) is 18.0 Å². The highest BCUT2D eigenvalue weighted by atomic mass is 19.4. The zero-order valence-electron chi connectivity index (χ0n) is 10.3. The molecular formula is C13H12F3N3O. The highest BCUT2D eigenvalue weighted by Crippen LogP contribution is 2.23. The average Bonchev–Trinajstić information content (AvgIpc) is 2.92. The van der Waals surface area contributed by atoms with E-state index in [4.69, 9.17) is 0 Å². The van der Waals surface area contributed by atoms with Gasteiger partial charge in [-0.2, -0.15) is 18.3 Å². The van der Waals surface area contributed by atoms with Gasteiger partial charge in [0.05, 0.1) is 0 Å². The Morgan fingerprint density at radius 3 is 2.50 bits per heavy atom. The number of amides is 1. The Morgan fingerprint density at radius 2 is 1.95 bits per heavy atom. The standard InChI is InChI=1S/C13H12F3N3O/c14-13(15,16)11(8-9-4-2-1-3-5-9)18-12(20)10-6-7-17-19-10/h1-7,11H,8H2,(H,17,19)(H,18,20)/t11-/m1/s1. The smallest absolute Gasteiger partial charge is 0.339 e. The van der Waals surface area contributed by atoms with Crippen LogP contribution in [0, 0.1) is 0 Å². The zero-order valence-corrected chi connectivity index (χ0v) is 10.3. The number of nitrogens with one attached hydrogen (secondary N) is 2. The van der Waals surface area contributed by atoms with E-state index in [1.165, 1.54) is 12.3 Å². The second-order valence-corrected chi connectivity index (χ2v) is 4.23. The summed E-state index contributed by atoms with van der Waals surface area (Å²) < 4.78 is 38.9. The van der Waals surface area contributed by atoms with Gasteiger partial charge in [-0.15, -0.1) is 0 Å².